The maximum Gasteiger partial charge on any atom is 0.0713 e. The molecule has 1 unspecified atom stereocenters. The Morgan fingerprint density at radius 2 is 1.85 bits per heavy atom. The van der Waals surface area contributed by atoms with Crippen molar-refractivity contribution in [3.63, 3.8) is 0 Å². The molecule has 1 atom stereocenters. The summed E-state index contributed by atoms with van der Waals surface area (Å²) >= 11 is 3.51. The van der Waals surface area contributed by atoms with Gasteiger partial charge in [0.2, 0.25) is 0 Å². The summed E-state index contributed by atoms with van der Waals surface area (Å²) in [5.41, 5.74) is 3.77. The minimum Gasteiger partial charge on any atom is -0.380 e. The maximum absolute atomic E-state index is 5.17. The lowest BCUT2D eigenvalue weighted by Gasteiger charge is -2.15. The Morgan fingerprint density at radius 1 is 1.10 bits per heavy atom. The third-order valence-electron chi connectivity index (χ3n) is 3.26. The summed E-state index contributed by atoms with van der Waals surface area (Å²) in [5.74, 6) is 0. The summed E-state index contributed by atoms with van der Waals surface area (Å²) in [6.07, 6.45) is 0. The van der Waals surface area contributed by atoms with Crippen molar-refractivity contribution in [3.8, 4) is 0 Å². The Balaban J connectivity index is 1.96. The largest absolute Gasteiger partial charge is 0.380 e. The first-order valence-corrected chi connectivity index (χ1v) is 7.54. The van der Waals surface area contributed by atoms with Crippen LogP contribution in [0.2, 0.25) is 0 Å². The number of benzene rings is 2. The Hall–Kier alpha value is -1.16. The van der Waals surface area contributed by atoms with Gasteiger partial charge in [-0.05, 0) is 35.7 Å². The molecule has 2 aromatic rings. The predicted molar refractivity (Wildman–Crippen MR) is 86.6 cm³/mol. The number of hydrogen-bond donors (Lipinski definition) is 1. The number of methoxy groups -OCH3 is 1. The van der Waals surface area contributed by atoms with Crippen molar-refractivity contribution in [3.05, 3.63) is 69.7 Å². The van der Waals surface area contributed by atoms with Gasteiger partial charge in [-0.25, -0.2) is 0 Å². The fraction of sp³-hybridized carbons (Fsp3) is 0.294. The molecule has 2 nitrogen and oxygen atoms in total. The van der Waals surface area contributed by atoms with E-state index in [1.807, 2.05) is 6.07 Å². The van der Waals surface area contributed by atoms with Crippen LogP contribution in [-0.4, -0.2) is 7.11 Å². The van der Waals surface area contributed by atoms with E-state index in [4.69, 9.17) is 4.74 Å². The SMILES string of the molecule is COCc1cccc(CNC(C)c2cccc(Br)c2)c1. The molecule has 20 heavy (non-hydrogen) atoms. The normalized spacial score (nSPS) is 12.3. The molecule has 0 aliphatic rings. The van der Waals surface area contributed by atoms with Crippen LogP contribution in [0.25, 0.3) is 0 Å². The summed E-state index contributed by atoms with van der Waals surface area (Å²) in [6, 6.07) is 17.2. The molecular weight excluding hydrogens is 314 g/mol. The Bertz CT molecular complexity index is 556. The molecule has 0 saturated heterocycles. The average molecular weight is 334 g/mol. The van der Waals surface area contributed by atoms with E-state index in [0.717, 1.165) is 11.0 Å². The van der Waals surface area contributed by atoms with Gasteiger partial charge < -0.3 is 10.1 Å². The van der Waals surface area contributed by atoms with Gasteiger partial charge >= 0.3 is 0 Å². The van der Waals surface area contributed by atoms with E-state index < -0.39 is 0 Å². The van der Waals surface area contributed by atoms with Gasteiger partial charge in [-0.3, -0.25) is 0 Å². The molecule has 0 aliphatic heterocycles. The Kier molecular flexibility index (Phi) is 5.77. The van der Waals surface area contributed by atoms with E-state index in [1.165, 1.54) is 16.7 Å². The second-order valence-electron chi connectivity index (χ2n) is 4.91. The van der Waals surface area contributed by atoms with Crippen molar-refractivity contribution < 1.29 is 4.74 Å². The van der Waals surface area contributed by atoms with Crippen LogP contribution in [0.4, 0.5) is 0 Å². The minimum absolute atomic E-state index is 0.318. The van der Waals surface area contributed by atoms with Crippen LogP contribution in [0.15, 0.2) is 53.0 Å². The fourth-order valence-corrected chi connectivity index (χ4v) is 2.58. The summed E-state index contributed by atoms with van der Waals surface area (Å²) < 4.78 is 6.28. The van der Waals surface area contributed by atoms with Crippen molar-refractivity contribution in [1.82, 2.24) is 5.32 Å². The quantitative estimate of drug-likeness (QED) is 0.843. The molecule has 2 aromatic carbocycles. The predicted octanol–water partition coefficient (Wildman–Crippen LogP) is 4.45. The zero-order chi connectivity index (χ0) is 14.4. The summed E-state index contributed by atoms with van der Waals surface area (Å²) in [6.45, 7) is 3.70. The molecule has 0 heterocycles. The highest BCUT2D eigenvalue weighted by atomic mass is 79.9. The van der Waals surface area contributed by atoms with Crippen LogP contribution in [0.3, 0.4) is 0 Å². The number of hydrogen-bond acceptors (Lipinski definition) is 2. The Labute approximate surface area is 129 Å². The van der Waals surface area contributed by atoms with Gasteiger partial charge in [0.05, 0.1) is 6.61 Å². The molecule has 0 bridgehead atoms. The average Bonchev–Trinajstić information content (AvgIpc) is 2.45. The van der Waals surface area contributed by atoms with E-state index in [2.05, 4.69) is 70.6 Å². The van der Waals surface area contributed by atoms with Crippen molar-refractivity contribution >= 4 is 15.9 Å². The van der Waals surface area contributed by atoms with Gasteiger partial charge in [-0.15, -0.1) is 0 Å². The van der Waals surface area contributed by atoms with Crippen molar-refractivity contribution in [1.29, 1.82) is 0 Å². The molecule has 0 aliphatic carbocycles. The van der Waals surface area contributed by atoms with E-state index in [1.54, 1.807) is 7.11 Å². The van der Waals surface area contributed by atoms with Gasteiger partial charge in [0.25, 0.3) is 0 Å². The fourth-order valence-electron chi connectivity index (χ4n) is 2.16. The molecular formula is C17H20BrNO. The van der Waals surface area contributed by atoms with Crippen LogP contribution in [-0.2, 0) is 17.9 Å². The topological polar surface area (TPSA) is 21.3 Å². The molecule has 0 saturated carbocycles. The third-order valence-corrected chi connectivity index (χ3v) is 3.76. The van der Waals surface area contributed by atoms with Crippen molar-refractivity contribution in [2.24, 2.45) is 0 Å². The lowest BCUT2D eigenvalue weighted by Crippen LogP contribution is -2.18. The second-order valence-corrected chi connectivity index (χ2v) is 5.83. The first-order chi connectivity index (χ1) is 9.69. The van der Waals surface area contributed by atoms with Gasteiger partial charge in [0.15, 0.2) is 0 Å². The van der Waals surface area contributed by atoms with E-state index in [0.29, 0.717) is 12.6 Å². The van der Waals surface area contributed by atoms with E-state index >= 15 is 0 Å². The highest BCUT2D eigenvalue weighted by Crippen LogP contribution is 2.18. The van der Waals surface area contributed by atoms with Crippen molar-refractivity contribution in [2.75, 3.05) is 7.11 Å². The zero-order valence-corrected chi connectivity index (χ0v) is 13.5. The highest BCUT2D eigenvalue weighted by molar-refractivity contribution is 9.10. The molecule has 0 spiro atoms. The van der Waals surface area contributed by atoms with Crippen LogP contribution in [0.5, 0.6) is 0 Å². The van der Waals surface area contributed by atoms with Crippen LogP contribution in [0, 0.1) is 0 Å². The molecule has 3 heteroatoms. The van der Waals surface area contributed by atoms with Crippen LogP contribution < -0.4 is 5.32 Å². The molecule has 0 aromatic heterocycles. The van der Waals surface area contributed by atoms with Gasteiger partial charge in [-0.1, -0.05) is 52.3 Å². The molecule has 2 rings (SSSR count). The zero-order valence-electron chi connectivity index (χ0n) is 11.9. The first kappa shape index (κ1) is 15.2. The molecule has 0 amide bonds. The van der Waals surface area contributed by atoms with Gasteiger partial charge in [-0.2, -0.15) is 0 Å². The summed E-state index contributed by atoms with van der Waals surface area (Å²) in [5, 5.41) is 3.55. The van der Waals surface area contributed by atoms with Crippen LogP contribution in [0.1, 0.15) is 29.7 Å². The minimum atomic E-state index is 0.318. The first-order valence-electron chi connectivity index (χ1n) is 6.74. The van der Waals surface area contributed by atoms with E-state index in [-0.39, 0.29) is 0 Å². The second kappa shape index (κ2) is 7.58. The monoisotopic (exact) mass is 333 g/mol. The number of halogens is 1. The molecule has 0 radical (unpaired) electrons. The van der Waals surface area contributed by atoms with Crippen LogP contribution >= 0.6 is 15.9 Å². The highest BCUT2D eigenvalue weighted by Gasteiger charge is 2.05. The lowest BCUT2D eigenvalue weighted by atomic mass is 10.1. The van der Waals surface area contributed by atoms with Gasteiger partial charge in [0, 0.05) is 24.2 Å². The number of ether oxygens (including phenoxy) is 1. The summed E-state index contributed by atoms with van der Waals surface area (Å²) in [7, 11) is 1.72. The maximum atomic E-state index is 5.17. The lowest BCUT2D eigenvalue weighted by molar-refractivity contribution is 0.185. The molecule has 106 valence electrons. The van der Waals surface area contributed by atoms with Gasteiger partial charge in [0.1, 0.15) is 0 Å². The van der Waals surface area contributed by atoms with Crippen molar-refractivity contribution in [2.45, 2.75) is 26.1 Å². The number of rotatable bonds is 6. The molecule has 0 fully saturated rings. The smallest absolute Gasteiger partial charge is 0.0713 e. The molecule has 1 N–H and O–H groups in total. The summed E-state index contributed by atoms with van der Waals surface area (Å²) in [4.78, 5) is 0. The van der Waals surface area contributed by atoms with E-state index in [9.17, 15) is 0 Å². The third kappa shape index (κ3) is 4.44. The Morgan fingerprint density at radius 3 is 2.60 bits per heavy atom. The standard InChI is InChI=1S/C17H20BrNO/c1-13(16-7-4-8-17(18)10-16)19-11-14-5-3-6-15(9-14)12-20-2/h3-10,13,19H,11-12H2,1-2H3. The number of nitrogens with one attached hydrogen (secondary N) is 1.